The number of anilines is 1. The Kier molecular flexibility index (Phi) is 4.28. The van der Waals surface area contributed by atoms with Gasteiger partial charge >= 0.3 is 0 Å². The number of thioether (sulfide) groups is 1. The molecule has 0 N–H and O–H groups in total. The molecule has 0 unspecified atom stereocenters. The van der Waals surface area contributed by atoms with E-state index in [0.29, 0.717) is 0 Å². The minimum atomic E-state index is 0.958. The highest BCUT2D eigenvalue weighted by molar-refractivity contribution is 8.03. The van der Waals surface area contributed by atoms with Gasteiger partial charge in [-0.3, -0.25) is 0 Å². The van der Waals surface area contributed by atoms with Crippen LogP contribution in [-0.2, 0) is 6.54 Å². The van der Waals surface area contributed by atoms with Gasteiger partial charge in [-0.2, -0.15) is 4.57 Å². The molecule has 0 atom stereocenters. The first-order chi connectivity index (χ1) is 12.5. The Morgan fingerprint density at radius 3 is 2.54 bits per heavy atom. The summed E-state index contributed by atoms with van der Waals surface area (Å²) in [6.45, 7) is 9.71. The van der Waals surface area contributed by atoms with E-state index in [4.69, 9.17) is 0 Å². The molecule has 0 bridgehead atoms. The minimum Gasteiger partial charge on any atom is -0.338 e. The average molecular weight is 362 g/mol. The molecular weight excluding hydrogens is 336 g/mol. The van der Waals surface area contributed by atoms with Crippen LogP contribution < -0.4 is 9.47 Å². The van der Waals surface area contributed by atoms with Crippen LogP contribution in [0.25, 0.3) is 17.0 Å². The van der Waals surface area contributed by atoms with Crippen LogP contribution in [0.15, 0.2) is 52.4 Å². The van der Waals surface area contributed by atoms with Crippen molar-refractivity contribution in [2.45, 2.75) is 39.1 Å². The number of aromatic nitrogens is 1. The Morgan fingerprint density at radius 1 is 1.00 bits per heavy atom. The molecule has 1 aliphatic rings. The number of hydrogen-bond acceptors (Lipinski definition) is 2. The predicted molar refractivity (Wildman–Crippen MR) is 113 cm³/mol. The zero-order valence-corrected chi connectivity index (χ0v) is 16.9. The number of nitrogens with zero attached hydrogens (tertiary/aromatic N) is 2. The topological polar surface area (TPSA) is 7.12 Å². The first-order valence-electron chi connectivity index (χ1n) is 9.15. The van der Waals surface area contributed by atoms with Crippen molar-refractivity contribution in [3.05, 3.63) is 69.9 Å². The van der Waals surface area contributed by atoms with Gasteiger partial charge in [-0.05, 0) is 68.7 Å². The lowest BCUT2D eigenvalue weighted by molar-refractivity contribution is -0.669. The Bertz CT molecular complexity index is 1050. The highest BCUT2D eigenvalue weighted by atomic mass is 32.2. The summed E-state index contributed by atoms with van der Waals surface area (Å²) in [6, 6.07) is 15.8. The Balaban J connectivity index is 1.83. The Morgan fingerprint density at radius 2 is 1.77 bits per heavy atom. The zero-order valence-electron chi connectivity index (χ0n) is 16.1. The van der Waals surface area contributed by atoms with Gasteiger partial charge in [-0.25, -0.2) is 0 Å². The minimum absolute atomic E-state index is 0.958. The van der Waals surface area contributed by atoms with Gasteiger partial charge in [0, 0.05) is 35.5 Å². The quantitative estimate of drug-likeness (QED) is 0.548. The van der Waals surface area contributed by atoms with Crippen molar-refractivity contribution in [2.75, 3.05) is 11.9 Å². The maximum Gasteiger partial charge on any atom is 0.213 e. The second-order valence-electron chi connectivity index (χ2n) is 7.11. The number of benzene rings is 2. The number of pyridine rings is 1. The molecule has 0 saturated heterocycles. The van der Waals surface area contributed by atoms with Crippen LogP contribution in [0.3, 0.4) is 0 Å². The number of aryl methyl sites for hydroxylation is 4. The molecular formula is C23H25N2S+. The second-order valence-corrected chi connectivity index (χ2v) is 8.17. The van der Waals surface area contributed by atoms with Crippen molar-refractivity contribution in [1.82, 2.24) is 0 Å². The molecule has 1 aliphatic heterocycles. The van der Waals surface area contributed by atoms with E-state index in [2.05, 4.69) is 92.8 Å². The summed E-state index contributed by atoms with van der Waals surface area (Å²) in [5, 5.41) is 2.58. The predicted octanol–water partition coefficient (Wildman–Crippen LogP) is 5.61. The molecule has 0 saturated carbocycles. The van der Waals surface area contributed by atoms with Gasteiger partial charge < -0.3 is 4.90 Å². The third-order valence-electron chi connectivity index (χ3n) is 5.29. The van der Waals surface area contributed by atoms with Gasteiger partial charge in [0.05, 0.1) is 10.7 Å². The first-order valence-corrected chi connectivity index (χ1v) is 9.97. The van der Waals surface area contributed by atoms with E-state index < -0.39 is 0 Å². The van der Waals surface area contributed by atoms with Crippen LogP contribution in [0.1, 0.15) is 29.3 Å². The number of fused-ring (bicyclic) bond motifs is 2. The van der Waals surface area contributed by atoms with Crippen molar-refractivity contribution in [3.63, 3.8) is 0 Å². The third-order valence-corrected chi connectivity index (χ3v) is 6.44. The standard InChI is InChI=1S/C23H25N2S/c1-6-25-19(9-8-18-12-16(3)17(4)13-21(18)25)14-23-24(5)20-10-7-15(2)11-22(20)26-23/h7-14H,6H2,1-5H3/q+1. The molecule has 4 rings (SSSR count). The largest absolute Gasteiger partial charge is 0.338 e. The van der Waals surface area contributed by atoms with Gasteiger partial charge in [-0.15, -0.1) is 0 Å². The highest BCUT2D eigenvalue weighted by Gasteiger charge is 2.24. The van der Waals surface area contributed by atoms with Crippen molar-refractivity contribution < 1.29 is 4.57 Å². The summed E-state index contributed by atoms with van der Waals surface area (Å²) in [6.07, 6.45) is 2.32. The van der Waals surface area contributed by atoms with E-state index in [1.807, 2.05) is 11.8 Å². The molecule has 2 nitrogen and oxygen atoms in total. The van der Waals surface area contributed by atoms with Gasteiger partial charge in [0.1, 0.15) is 6.54 Å². The lowest BCUT2D eigenvalue weighted by Gasteiger charge is -2.13. The average Bonchev–Trinajstić information content (AvgIpc) is 2.91. The van der Waals surface area contributed by atoms with E-state index >= 15 is 0 Å². The fraction of sp³-hybridized carbons (Fsp3) is 0.261. The smallest absolute Gasteiger partial charge is 0.213 e. The lowest BCUT2D eigenvalue weighted by Crippen LogP contribution is -2.37. The van der Waals surface area contributed by atoms with E-state index in [1.165, 1.54) is 48.9 Å². The van der Waals surface area contributed by atoms with Crippen LogP contribution in [0.4, 0.5) is 5.69 Å². The van der Waals surface area contributed by atoms with E-state index in [9.17, 15) is 0 Å². The van der Waals surface area contributed by atoms with Crippen LogP contribution in [0.5, 0.6) is 0 Å². The van der Waals surface area contributed by atoms with E-state index in [0.717, 1.165) is 6.54 Å². The molecule has 2 aromatic carbocycles. The maximum atomic E-state index is 2.41. The molecule has 2 heterocycles. The zero-order chi connectivity index (χ0) is 18.4. The summed E-state index contributed by atoms with van der Waals surface area (Å²) in [5.41, 5.74) is 7.86. The summed E-state index contributed by atoms with van der Waals surface area (Å²) >= 11 is 1.86. The van der Waals surface area contributed by atoms with Crippen LogP contribution in [-0.4, -0.2) is 7.05 Å². The molecule has 3 heteroatoms. The molecule has 0 fully saturated rings. The third kappa shape index (κ3) is 2.80. The van der Waals surface area contributed by atoms with Gasteiger partial charge in [-0.1, -0.05) is 17.8 Å². The fourth-order valence-corrected chi connectivity index (χ4v) is 4.80. The van der Waals surface area contributed by atoms with Gasteiger partial charge in [0.2, 0.25) is 11.2 Å². The van der Waals surface area contributed by atoms with Crippen LogP contribution in [0.2, 0.25) is 0 Å². The number of hydrogen-bond donors (Lipinski definition) is 0. The number of rotatable bonds is 2. The van der Waals surface area contributed by atoms with Crippen LogP contribution in [0, 0.1) is 20.8 Å². The van der Waals surface area contributed by atoms with Crippen molar-refractivity contribution in [3.8, 4) is 0 Å². The lowest BCUT2D eigenvalue weighted by atomic mass is 10.1. The molecule has 132 valence electrons. The molecule has 26 heavy (non-hydrogen) atoms. The highest BCUT2D eigenvalue weighted by Crippen LogP contribution is 2.45. The van der Waals surface area contributed by atoms with Crippen molar-refractivity contribution in [2.24, 2.45) is 0 Å². The van der Waals surface area contributed by atoms with Crippen molar-refractivity contribution >= 4 is 34.4 Å². The summed E-state index contributed by atoms with van der Waals surface area (Å²) < 4.78 is 2.41. The van der Waals surface area contributed by atoms with Crippen molar-refractivity contribution in [1.29, 1.82) is 0 Å². The van der Waals surface area contributed by atoms with Gasteiger partial charge in [0.25, 0.3) is 0 Å². The molecule has 0 aliphatic carbocycles. The van der Waals surface area contributed by atoms with Crippen LogP contribution >= 0.6 is 11.8 Å². The Hall–Kier alpha value is -2.26. The summed E-state index contributed by atoms with van der Waals surface area (Å²) in [5.74, 6) is 0. The molecule has 1 aromatic heterocycles. The molecule has 0 amide bonds. The summed E-state index contributed by atoms with van der Waals surface area (Å²) in [7, 11) is 2.16. The fourth-order valence-electron chi connectivity index (χ4n) is 3.61. The summed E-state index contributed by atoms with van der Waals surface area (Å²) in [4.78, 5) is 3.64. The van der Waals surface area contributed by atoms with Gasteiger partial charge in [0.15, 0.2) is 0 Å². The molecule has 3 aromatic rings. The van der Waals surface area contributed by atoms with E-state index in [-0.39, 0.29) is 0 Å². The normalized spacial score (nSPS) is 15.1. The molecule has 0 radical (unpaired) electrons. The molecule has 0 spiro atoms. The SMILES string of the molecule is CC[n+]1c(C=C2Sc3cc(C)ccc3N2C)ccc2cc(C)c(C)cc21. The maximum absolute atomic E-state index is 2.41. The Labute approximate surface area is 160 Å². The van der Waals surface area contributed by atoms with E-state index in [1.54, 1.807) is 0 Å². The monoisotopic (exact) mass is 361 g/mol. The first kappa shape index (κ1) is 17.2. The second kappa shape index (κ2) is 6.48.